The van der Waals surface area contributed by atoms with E-state index in [0.29, 0.717) is 12.5 Å². The summed E-state index contributed by atoms with van der Waals surface area (Å²) in [5.41, 5.74) is -0.0524. The molecule has 1 aliphatic rings. The number of aliphatic hydroxyl groups excluding tert-OH is 1. The minimum absolute atomic E-state index is 0.0262. The first-order valence-corrected chi connectivity index (χ1v) is 5.16. The lowest BCUT2D eigenvalue weighted by Gasteiger charge is -2.45. The zero-order chi connectivity index (χ0) is 10.1. The van der Waals surface area contributed by atoms with Crippen molar-refractivity contribution >= 4 is 0 Å². The van der Waals surface area contributed by atoms with Gasteiger partial charge in [-0.15, -0.1) is 0 Å². The van der Waals surface area contributed by atoms with Gasteiger partial charge in [-0.25, -0.2) is 0 Å². The first kappa shape index (κ1) is 11.0. The molecule has 1 fully saturated rings. The maximum atomic E-state index is 8.92. The van der Waals surface area contributed by atoms with Crippen molar-refractivity contribution in [3.63, 3.8) is 0 Å². The molecule has 1 N–H and O–H groups in total. The molecule has 1 heterocycles. The first-order chi connectivity index (χ1) is 5.85. The fourth-order valence-corrected chi connectivity index (χ4v) is 2.68. The molecular formula is C11H22O2. The van der Waals surface area contributed by atoms with Crippen LogP contribution in [0.15, 0.2) is 0 Å². The molecule has 2 nitrogen and oxygen atoms in total. The van der Waals surface area contributed by atoms with Gasteiger partial charge in [-0.3, -0.25) is 0 Å². The summed E-state index contributed by atoms with van der Waals surface area (Å²) in [4.78, 5) is 0. The fraction of sp³-hybridized carbons (Fsp3) is 1.00. The largest absolute Gasteiger partial charge is 0.396 e. The number of hydrogen-bond acceptors (Lipinski definition) is 2. The molecule has 0 atom stereocenters. The van der Waals surface area contributed by atoms with Gasteiger partial charge in [0.05, 0.1) is 11.2 Å². The second-order valence-corrected chi connectivity index (χ2v) is 5.41. The summed E-state index contributed by atoms with van der Waals surface area (Å²) in [6.07, 6.45) is 3.05. The monoisotopic (exact) mass is 186 g/mol. The molecule has 0 aromatic heterocycles. The van der Waals surface area contributed by atoms with E-state index >= 15 is 0 Å². The minimum Gasteiger partial charge on any atom is -0.396 e. The fourth-order valence-electron chi connectivity index (χ4n) is 2.68. The van der Waals surface area contributed by atoms with Crippen LogP contribution >= 0.6 is 0 Å². The van der Waals surface area contributed by atoms with Gasteiger partial charge in [-0.05, 0) is 52.9 Å². The third-order valence-corrected chi connectivity index (χ3v) is 2.65. The van der Waals surface area contributed by atoms with Crippen LogP contribution in [-0.2, 0) is 4.74 Å². The Balaban J connectivity index is 2.61. The summed E-state index contributed by atoms with van der Waals surface area (Å²) in [5, 5.41) is 8.92. The van der Waals surface area contributed by atoms with Gasteiger partial charge < -0.3 is 9.84 Å². The Labute approximate surface area is 81.3 Å². The van der Waals surface area contributed by atoms with Crippen LogP contribution in [0.5, 0.6) is 0 Å². The summed E-state index contributed by atoms with van der Waals surface area (Å²) in [6, 6.07) is 0. The van der Waals surface area contributed by atoms with Crippen molar-refractivity contribution in [2.45, 2.75) is 58.2 Å². The quantitative estimate of drug-likeness (QED) is 0.717. The lowest BCUT2D eigenvalue weighted by Crippen LogP contribution is -2.45. The number of rotatable bonds is 2. The van der Waals surface area contributed by atoms with Crippen molar-refractivity contribution in [1.82, 2.24) is 0 Å². The second-order valence-electron chi connectivity index (χ2n) is 5.41. The van der Waals surface area contributed by atoms with E-state index in [1.165, 1.54) is 0 Å². The number of aliphatic hydroxyl groups is 1. The Bertz CT molecular complexity index is 157. The van der Waals surface area contributed by atoms with Crippen molar-refractivity contribution in [3.8, 4) is 0 Å². The Morgan fingerprint density at radius 2 is 1.62 bits per heavy atom. The first-order valence-electron chi connectivity index (χ1n) is 5.16. The smallest absolute Gasteiger partial charge is 0.0636 e. The van der Waals surface area contributed by atoms with Gasteiger partial charge in [0, 0.05) is 6.61 Å². The van der Waals surface area contributed by atoms with Crippen LogP contribution in [0.3, 0.4) is 0 Å². The second kappa shape index (κ2) is 3.58. The van der Waals surface area contributed by atoms with Gasteiger partial charge in [0.15, 0.2) is 0 Å². The molecule has 0 aliphatic carbocycles. The molecular weight excluding hydrogens is 164 g/mol. The Morgan fingerprint density at radius 1 is 1.15 bits per heavy atom. The van der Waals surface area contributed by atoms with Crippen molar-refractivity contribution in [3.05, 3.63) is 0 Å². The van der Waals surface area contributed by atoms with E-state index in [9.17, 15) is 0 Å². The molecule has 0 amide bonds. The van der Waals surface area contributed by atoms with Crippen LogP contribution in [0, 0.1) is 5.92 Å². The molecule has 13 heavy (non-hydrogen) atoms. The van der Waals surface area contributed by atoms with Crippen molar-refractivity contribution in [2.24, 2.45) is 5.92 Å². The molecule has 1 aliphatic heterocycles. The molecule has 0 radical (unpaired) electrons. The van der Waals surface area contributed by atoms with Gasteiger partial charge in [-0.2, -0.15) is 0 Å². The molecule has 0 bridgehead atoms. The van der Waals surface area contributed by atoms with Gasteiger partial charge in [0.1, 0.15) is 0 Å². The summed E-state index contributed by atoms with van der Waals surface area (Å²) in [7, 11) is 0. The molecule has 0 spiro atoms. The topological polar surface area (TPSA) is 29.5 Å². The van der Waals surface area contributed by atoms with Gasteiger partial charge in [0.25, 0.3) is 0 Å². The van der Waals surface area contributed by atoms with E-state index < -0.39 is 0 Å². The van der Waals surface area contributed by atoms with Crippen molar-refractivity contribution < 1.29 is 9.84 Å². The highest BCUT2D eigenvalue weighted by Gasteiger charge is 2.38. The van der Waals surface area contributed by atoms with E-state index in [0.717, 1.165) is 19.3 Å². The van der Waals surface area contributed by atoms with Crippen LogP contribution in [0.4, 0.5) is 0 Å². The van der Waals surface area contributed by atoms with Gasteiger partial charge in [0.2, 0.25) is 0 Å². The van der Waals surface area contributed by atoms with Gasteiger partial charge >= 0.3 is 0 Å². The molecule has 2 heteroatoms. The maximum absolute atomic E-state index is 8.92. The molecule has 1 rings (SSSR count). The molecule has 0 aromatic rings. The minimum atomic E-state index is -0.0262. The standard InChI is InChI=1S/C11H22O2/c1-10(2)7-9(5-6-12)8-11(3,4)13-10/h9,12H,5-8H2,1-4H3. The molecule has 1 saturated heterocycles. The predicted octanol–water partition coefficient (Wildman–Crippen LogP) is 2.35. The van der Waals surface area contributed by atoms with Crippen LogP contribution in [0.2, 0.25) is 0 Å². The summed E-state index contributed by atoms with van der Waals surface area (Å²) < 4.78 is 5.96. The summed E-state index contributed by atoms with van der Waals surface area (Å²) in [6.45, 7) is 8.85. The van der Waals surface area contributed by atoms with Gasteiger partial charge in [-0.1, -0.05) is 0 Å². The Kier molecular flexibility index (Phi) is 3.03. The van der Waals surface area contributed by atoms with Crippen molar-refractivity contribution in [2.75, 3.05) is 6.61 Å². The summed E-state index contributed by atoms with van der Waals surface area (Å²) in [5.74, 6) is 0.615. The average Bonchev–Trinajstić information content (AvgIpc) is 1.78. The maximum Gasteiger partial charge on any atom is 0.0636 e. The van der Waals surface area contributed by atoms with Crippen LogP contribution < -0.4 is 0 Å². The normalized spacial score (nSPS) is 27.5. The number of ether oxygens (including phenoxy) is 1. The van der Waals surface area contributed by atoms with E-state index in [1.54, 1.807) is 0 Å². The zero-order valence-electron chi connectivity index (χ0n) is 9.26. The van der Waals surface area contributed by atoms with Crippen LogP contribution in [0.25, 0.3) is 0 Å². The molecule has 0 aromatic carbocycles. The third kappa shape index (κ3) is 3.28. The zero-order valence-corrected chi connectivity index (χ0v) is 9.26. The van der Waals surface area contributed by atoms with Crippen LogP contribution in [0.1, 0.15) is 47.0 Å². The van der Waals surface area contributed by atoms with Crippen LogP contribution in [-0.4, -0.2) is 22.9 Å². The van der Waals surface area contributed by atoms with E-state index in [-0.39, 0.29) is 11.2 Å². The lowest BCUT2D eigenvalue weighted by molar-refractivity contribution is -0.174. The molecule has 78 valence electrons. The molecule has 0 saturated carbocycles. The van der Waals surface area contributed by atoms with E-state index in [4.69, 9.17) is 9.84 Å². The average molecular weight is 186 g/mol. The highest BCUT2D eigenvalue weighted by molar-refractivity contribution is 4.88. The lowest BCUT2D eigenvalue weighted by atomic mass is 9.79. The highest BCUT2D eigenvalue weighted by Crippen LogP contribution is 2.39. The SMILES string of the molecule is CC1(C)CC(CCO)CC(C)(C)O1. The number of hydrogen-bond donors (Lipinski definition) is 1. The predicted molar refractivity (Wildman–Crippen MR) is 53.7 cm³/mol. The third-order valence-electron chi connectivity index (χ3n) is 2.65. The Morgan fingerprint density at radius 3 is 2.00 bits per heavy atom. The summed E-state index contributed by atoms with van der Waals surface area (Å²) >= 11 is 0. The molecule has 0 unspecified atom stereocenters. The highest BCUT2D eigenvalue weighted by atomic mass is 16.5. The van der Waals surface area contributed by atoms with E-state index in [2.05, 4.69) is 27.7 Å². The Hall–Kier alpha value is -0.0800. The van der Waals surface area contributed by atoms with Crippen molar-refractivity contribution in [1.29, 1.82) is 0 Å². The van der Waals surface area contributed by atoms with E-state index in [1.807, 2.05) is 0 Å².